The van der Waals surface area contributed by atoms with Crippen LogP contribution >= 0.6 is 0 Å². The Hall–Kier alpha value is -0.360. The van der Waals surface area contributed by atoms with E-state index in [1.807, 2.05) is 6.07 Å². The van der Waals surface area contributed by atoms with Crippen molar-refractivity contribution in [3.05, 3.63) is 30.1 Å². The van der Waals surface area contributed by atoms with Gasteiger partial charge in [0.1, 0.15) is 0 Å². The molecule has 38 valence electrons. The van der Waals surface area contributed by atoms with Crippen molar-refractivity contribution < 1.29 is 29.6 Å². The maximum Gasteiger partial charge on any atom is 1.00 e. The maximum atomic E-state index is 8.21. The molecule has 0 atom stereocenters. The van der Waals surface area contributed by atoms with Crippen molar-refractivity contribution >= 4 is 0 Å². The Bertz CT molecular complexity index is 202. The Morgan fingerprint density at radius 1 is 1.67 bits per heavy atom. The third kappa shape index (κ3) is 2.62. The first kappa shape index (κ1) is 8.64. The van der Waals surface area contributed by atoms with Crippen molar-refractivity contribution in [3.8, 4) is 6.07 Å². The van der Waals surface area contributed by atoms with Crippen LogP contribution in [0.15, 0.2) is 18.2 Å². The SMILES string of the molecule is N#Cc1ccc[c-]n1.[Na+]. The normalized spacial score (nSPS) is 7.00. The van der Waals surface area contributed by atoms with Crippen LogP contribution in [0.1, 0.15) is 5.69 Å². The molecule has 0 N–H and O–H groups in total. The van der Waals surface area contributed by atoms with Crippen LogP contribution < -0.4 is 29.6 Å². The van der Waals surface area contributed by atoms with Crippen molar-refractivity contribution in [1.82, 2.24) is 4.98 Å². The fourth-order valence-electron chi connectivity index (χ4n) is 0.389. The average Bonchev–Trinajstić information content (AvgIpc) is 1.90. The van der Waals surface area contributed by atoms with E-state index in [0.29, 0.717) is 5.69 Å². The summed E-state index contributed by atoms with van der Waals surface area (Å²) in [5.74, 6) is 0. The first-order chi connectivity index (χ1) is 3.93. The molecule has 2 nitrogen and oxygen atoms in total. The summed E-state index contributed by atoms with van der Waals surface area (Å²) in [6.07, 6.45) is 2.54. The molecule has 0 spiro atoms. The second-order valence-electron chi connectivity index (χ2n) is 1.26. The molecule has 0 aliphatic heterocycles. The number of hydrogen-bond donors (Lipinski definition) is 0. The van der Waals surface area contributed by atoms with Gasteiger partial charge in [-0.15, -0.1) is 6.07 Å². The summed E-state index contributed by atoms with van der Waals surface area (Å²) in [5.41, 5.74) is 0.410. The molecule has 0 aliphatic rings. The molecule has 0 bridgehead atoms. The van der Waals surface area contributed by atoms with Gasteiger partial charge in [-0.05, 0) is 0 Å². The Labute approximate surface area is 75.8 Å². The average molecular weight is 126 g/mol. The number of hydrogen-bond acceptors (Lipinski definition) is 2. The second-order valence-corrected chi connectivity index (χ2v) is 1.26. The van der Waals surface area contributed by atoms with Gasteiger partial charge < -0.3 is 4.98 Å². The van der Waals surface area contributed by atoms with Gasteiger partial charge in [0.15, 0.2) is 0 Å². The molecule has 3 heteroatoms. The minimum Gasteiger partial charge on any atom is -0.377 e. The molecule has 0 fully saturated rings. The van der Waals surface area contributed by atoms with Crippen LogP contribution in [0.4, 0.5) is 0 Å². The molecule has 0 saturated heterocycles. The van der Waals surface area contributed by atoms with Gasteiger partial charge >= 0.3 is 29.6 Å². The van der Waals surface area contributed by atoms with Gasteiger partial charge in [-0.25, -0.2) is 5.26 Å². The van der Waals surface area contributed by atoms with E-state index in [1.54, 1.807) is 18.2 Å². The minimum atomic E-state index is 0. The molecule has 0 amide bonds. The summed E-state index contributed by atoms with van der Waals surface area (Å²) in [5, 5.41) is 8.21. The maximum absolute atomic E-state index is 8.21. The summed E-state index contributed by atoms with van der Waals surface area (Å²) < 4.78 is 0. The summed E-state index contributed by atoms with van der Waals surface area (Å²) in [7, 11) is 0. The van der Waals surface area contributed by atoms with Crippen molar-refractivity contribution in [1.29, 1.82) is 5.26 Å². The van der Waals surface area contributed by atoms with Crippen molar-refractivity contribution in [3.63, 3.8) is 0 Å². The van der Waals surface area contributed by atoms with E-state index in [1.165, 1.54) is 0 Å². The van der Waals surface area contributed by atoms with Crippen LogP contribution in [0.3, 0.4) is 0 Å². The quantitative estimate of drug-likeness (QED) is 0.291. The van der Waals surface area contributed by atoms with Crippen molar-refractivity contribution in [2.24, 2.45) is 0 Å². The van der Waals surface area contributed by atoms with Crippen molar-refractivity contribution in [2.45, 2.75) is 0 Å². The number of nitrogens with zero attached hydrogens (tertiary/aromatic N) is 2. The van der Waals surface area contributed by atoms with Crippen LogP contribution in [0.25, 0.3) is 0 Å². The minimum absolute atomic E-state index is 0. The topological polar surface area (TPSA) is 36.7 Å². The van der Waals surface area contributed by atoms with Crippen molar-refractivity contribution in [2.75, 3.05) is 0 Å². The number of rotatable bonds is 0. The molecule has 1 rings (SSSR count). The van der Waals surface area contributed by atoms with Gasteiger partial charge in [0.25, 0.3) is 0 Å². The van der Waals surface area contributed by atoms with E-state index in [0.717, 1.165) is 0 Å². The van der Waals surface area contributed by atoms with Crippen LogP contribution in [-0.2, 0) is 0 Å². The van der Waals surface area contributed by atoms with E-state index in [-0.39, 0.29) is 29.6 Å². The summed E-state index contributed by atoms with van der Waals surface area (Å²) in [6, 6.07) is 6.90. The smallest absolute Gasteiger partial charge is 0.377 e. The zero-order chi connectivity index (χ0) is 5.82. The van der Waals surface area contributed by atoms with E-state index in [4.69, 9.17) is 5.26 Å². The Morgan fingerprint density at radius 3 is 2.78 bits per heavy atom. The standard InChI is InChI=1S/C6H3N2.Na/c7-5-6-3-1-2-4-8-6;/h1-3H;/q-1;+1. The van der Waals surface area contributed by atoms with E-state index in [9.17, 15) is 0 Å². The second kappa shape index (κ2) is 4.51. The zero-order valence-electron chi connectivity index (χ0n) is 5.13. The largest absolute Gasteiger partial charge is 1.00 e. The van der Waals surface area contributed by atoms with Crippen LogP contribution in [-0.4, -0.2) is 4.98 Å². The van der Waals surface area contributed by atoms with Crippen LogP contribution in [0, 0.1) is 17.5 Å². The summed E-state index contributed by atoms with van der Waals surface area (Å²) in [6.45, 7) is 0. The molecule has 0 unspecified atom stereocenters. The third-order valence-corrected chi connectivity index (χ3v) is 0.724. The first-order valence-electron chi connectivity index (χ1n) is 2.16. The first-order valence-corrected chi connectivity index (χ1v) is 2.16. The molecular formula is C6H3N2Na. The van der Waals surface area contributed by atoms with Gasteiger partial charge in [0, 0.05) is 5.69 Å². The predicted molar refractivity (Wildman–Crippen MR) is 27.8 cm³/mol. The predicted octanol–water partition coefficient (Wildman–Crippen LogP) is -2.24. The number of nitriles is 1. The van der Waals surface area contributed by atoms with Crippen LogP contribution in [0.5, 0.6) is 0 Å². The van der Waals surface area contributed by atoms with E-state index in [2.05, 4.69) is 11.2 Å². The van der Waals surface area contributed by atoms with E-state index >= 15 is 0 Å². The molecular weight excluding hydrogens is 123 g/mol. The van der Waals surface area contributed by atoms with Gasteiger partial charge in [-0.2, -0.15) is 12.1 Å². The van der Waals surface area contributed by atoms with Gasteiger partial charge in [0.2, 0.25) is 0 Å². The Balaban J connectivity index is 0.000000640. The molecule has 9 heavy (non-hydrogen) atoms. The van der Waals surface area contributed by atoms with Gasteiger partial charge in [0.05, 0.1) is 6.07 Å². The molecule has 1 aromatic rings. The van der Waals surface area contributed by atoms with Crippen LogP contribution in [0.2, 0.25) is 0 Å². The molecule has 0 radical (unpaired) electrons. The molecule has 0 saturated carbocycles. The van der Waals surface area contributed by atoms with E-state index < -0.39 is 0 Å². The molecule has 1 heterocycles. The Morgan fingerprint density at radius 2 is 2.44 bits per heavy atom. The molecule has 0 aliphatic carbocycles. The number of pyridine rings is 1. The summed E-state index contributed by atoms with van der Waals surface area (Å²) >= 11 is 0. The molecule has 1 aromatic heterocycles. The fraction of sp³-hybridized carbons (Fsp3) is 0. The monoisotopic (exact) mass is 126 g/mol. The third-order valence-electron chi connectivity index (χ3n) is 0.724. The summed E-state index contributed by atoms with van der Waals surface area (Å²) in [4.78, 5) is 3.61. The molecule has 0 aromatic carbocycles. The van der Waals surface area contributed by atoms with Gasteiger partial charge in [-0.1, -0.05) is 6.20 Å². The zero-order valence-corrected chi connectivity index (χ0v) is 7.13. The van der Waals surface area contributed by atoms with Gasteiger partial charge in [-0.3, -0.25) is 0 Å². The fourth-order valence-corrected chi connectivity index (χ4v) is 0.389. The number of aromatic nitrogens is 1. The Kier molecular flexibility index (Phi) is 4.33.